The summed E-state index contributed by atoms with van der Waals surface area (Å²) in [6, 6.07) is 14.9. The normalized spacial score (nSPS) is 12.1. The van der Waals surface area contributed by atoms with Gasteiger partial charge in [-0.1, -0.05) is 12.1 Å². The molecule has 94 valence electrons. The second-order valence-electron chi connectivity index (χ2n) is 3.95. The molecule has 18 heavy (non-hydrogen) atoms. The molecule has 0 amide bonds. The Hall–Kier alpha value is -1.27. The van der Waals surface area contributed by atoms with Crippen LogP contribution in [-0.4, -0.2) is 11.7 Å². The summed E-state index contributed by atoms with van der Waals surface area (Å²) >= 11 is 2.23. The summed E-state index contributed by atoms with van der Waals surface area (Å²) in [7, 11) is 0. The van der Waals surface area contributed by atoms with Gasteiger partial charge < -0.3 is 15.6 Å². The van der Waals surface area contributed by atoms with E-state index in [2.05, 4.69) is 22.6 Å². The number of hydrogen-bond acceptors (Lipinski definition) is 3. The number of rotatable bonds is 4. The van der Waals surface area contributed by atoms with Gasteiger partial charge in [-0.05, 0) is 64.6 Å². The summed E-state index contributed by atoms with van der Waals surface area (Å²) in [4.78, 5) is 0. The highest BCUT2D eigenvalue weighted by Gasteiger charge is 2.08. The molecule has 0 bridgehead atoms. The van der Waals surface area contributed by atoms with Crippen LogP contribution in [-0.2, 0) is 0 Å². The molecule has 1 atom stereocenters. The van der Waals surface area contributed by atoms with Gasteiger partial charge in [0.2, 0.25) is 0 Å². The van der Waals surface area contributed by atoms with Gasteiger partial charge in [0.05, 0.1) is 0 Å². The van der Waals surface area contributed by atoms with Gasteiger partial charge in [0, 0.05) is 9.26 Å². The van der Waals surface area contributed by atoms with E-state index in [1.807, 2.05) is 36.4 Å². The lowest BCUT2D eigenvalue weighted by Crippen LogP contribution is -2.09. The largest absolute Gasteiger partial charge is 0.491 e. The van der Waals surface area contributed by atoms with E-state index in [4.69, 9.17) is 10.5 Å². The average Bonchev–Trinajstić information content (AvgIpc) is 2.38. The number of nitrogen functional groups attached to an aromatic ring is 1. The standard InChI is InChI=1S/C14H14INO2/c15-11-4-6-13(7-5-11)18-9-14(17)10-2-1-3-12(16)8-10/h1-8,14,17H,9,16H2. The minimum Gasteiger partial charge on any atom is -0.491 e. The summed E-state index contributed by atoms with van der Waals surface area (Å²) < 4.78 is 6.67. The molecule has 0 spiro atoms. The summed E-state index contributed by atoms with van der Waals surface area (Å²) in [5.74, 6) is 0.748. The van der Waals surface area contributed by atoms with Crippen molar-refractivity contribution in [2.24, 2.45) is 0 Å². The molecule has 0 saturated heterocycles. The second kappa shape index (κ2) is 6.06. The Balaban J connectivity index is 1.96. The zero-order valence-electron chi connectivity index (χ0n) is 9.71. The highest BCUT2D eigenvalue weighted by molar-refractivity contribution is 14.1. The van der Waals surface area contributed by atoms with Crippen LogP contribution >= 0.6 is 22.6 Å². The molecule has 0 aliphatic carbocycles. The zero-order chi connectivity index (χ0) is 13.0. The molecular weight excluding hydrogens is 341 g/mol. The van der Waals surface area contributed by atoms with E-state index in [0.29, 0.717) is 5.69 Å². The van der Waals surface area contributed by atoms with E-state index in [1.165, 1.54) is 0 Å². The maximum absolute atomic E-state index is 9.98. The molecule has 0 fully saturated rings. The van der Waals surface area contributed by atoms with Gasteiger partial charge in [0.25, 0.3) is 0 Å². The number of aliphatic hydroxyl groups excluding tert-OH is 1. The number of ether oxygens (including phenoxy) is 1. The van der Waals surface area contributed by atoms with Crippen molar-refractivity contribution >= 4 is 28.3 Å². The van der Waals surface area contributed by atoms with E-state index in [9.17, 15) is 5.11 Å². The smallest absolute Gasteiger partial charge is 0.119 e. The maximum atomic E-state index is 9.98. The monoisotopic (exact) mass is 355 g/mol. The first-order valence-electron chi connectivity index (χ1n) is 5.57. The van der Waals surface area contributed by atoms with E-state index < -0.39 is 6.10 Å². The van der Waals surface area contributed by atoms with E-state index >= 15 is 0 Å². The van der Waals surface area contributed by atoms with Gasteiger partial charge in [-0.15, -0.1) is 0 Å². The van der Waals surface area contributed by atoms with Crippen molar-refractivity contribution in [3.8, 4) is 5.75 Å². The molecule has 0 radical (unpaired) electrons. The summed E-state index contributed by atoms with van der Waals surface area (Å²) in [5.41, 5.74) is 7.07. The van der Waals surface area contributed by atoms with Crippen molar-refractivity contribution in [1.82, 2.24) is 0 Å². The Morgan fingerprint density at radius 3 is 2.56 bits per heavy atom. The van der Waals surface area contributed by atoms with Crippen LogP contribution in [0.3, 0.4) is 0 Å². The van der Waals surface area contributed by atoms with Gasteiger partial charge in [-0.2, -0.15) is 0 Å². The van der Waals surface area contributed by atoms with E-state index in [-0.39, 0.29) is 6.61 Å². The molecule has 0 heterocycles. The van der Waals surface area contributed by atoms with Crippen molar-refractivity contribution in [2.45, 2.75) is 6.10 Å². The molecular formula is C14H14INO2. The molecule has 1 unspecified atom stereocenters. The molecule has 4 heteroatoms. The van der Waals surface area contributed by atoms with Gasteiger partial charge in [-0.25, -0.2) is 0 Å². The van der Waals surface area contributed by atoms with Crippen LogP contribution in [0.5, 0.6) is 5.75 Å². The molecule has 0 saturated carbocycles. The highest BCUT2D eigenvalue weighted by atomic mass is 127. The number of anilines is 1. The lowest BCUT2D eigenvalue weighted by atomic mass is 10.1. The fourth-order valence-corrected chi connectivity index (χ4v) is 1.93. The van der Waals surface area contributed by atoms with Gasteiger partial charge in [-0.3, -0.25) is 0 Å². The molecule has 2 rings (SSSR count). The predicted molar refractivity (Wildman–Crippen MR) is 80.5 cm³/mol. The third kappa shape index (κ3) is 3.61. The topological polar surface area (TPSA) is 55.5 Å². The van der Waals surface area contributed by atoms with Crippen LogP contribution < -0.4 is 10.5 Å². The second-order valence-corrected chi connectivity index (χ2v) is 5.20. The van der Waals surface area contributed by atoms with Crippen molar-refractivity contribution in [1.29, 1.82) is 0 Å². The summed E-state index contributed by atoms with van der Waals surface area (Å²) in [6.45, 7) is 0.212. The zero-order valence-corrected chi connectivity index (χ0v) is 11.9. The third-order valence-electron chi connectivity index (χ3n) is 2.52. The van der Waals surface area contributed by atoms with E-state index in [1.54, 1.807) is 12.1 Å². The van der Waals surface area contributed by atoms with Crippen LogP contribution in [0.25, 0.3) is 0 Å². The lowest BCUT2D eigenvalue weighted by Gasteiger charge is -2.13. The molecule has 2 aromatic rings. The fourth-order valence-electron chi connectivity index (χ4n) is 1.57. The number of hydrogen-bond donors (Lipinski definition) is 2. The molecule has 0 aromatic heterocycles. The van der Waals surface area contributed by atoms with Crippen LogP contribution in [0.2, 0.25) is 0 Å². The molecule has 0 aliphatic heterocycles. The maximum Gasteiger partial charge on any atom is 0.119 e. The minimum absolute atomic E-state index is 0.212. The van der Waals surface area contributed by atoms with Crippen LogP contribution in [0.1, 0.15) is 11.7 Å². The first-order chi connectivity index (χ1) is 8.65. The number of halogens is 1. The van der Waals surface area contributed by atoms with Crippen LogP contribution in [0.4, 0.5) is 5.69 Å². The third-order valence-corrected chi connectivity index (χ3v) is 3.24. The molecule has 2 aromatic carbocycles. The first kappa shape index (κ1) is 13.2. The van der Waals surface area contributed by atoms with Crippen molar-refractivity contribution in [3.05, 3.63) is 57.7 Å². The Labute approximate surface area is 120 Å². The first-order valence-corrected chi connectivity index (χ1v) is 6.65. The summed E-state index contributed by atoms with van der Waals surface area (Å²) in [5, 5.41) is 9.98. The quantitative estimate of drug-likeness (QED) is 0.655. The van der Waals surface area contributed by atoms with Crippen molar-refractivity contribution in [3.63, 3.8) is 0 Å². The molecule has 0 aliphatic rings. The Morgan fingerprint density at radius 1 is 1.17 bits per heavy atom. The van der Waals surface area contributed by atoms with Gasteiger partial charge >= 0.3 is 0 Å². The van der Waals surface area contributed by atoms with Crippen LogP contribution in [0.15, 0.2) is 48.5 Å². The molecule has 3 N–H and O–H groups in total. The Morgan fingerprint density at radius 2 is 1.89 bits per heavy atom. The van der Waals surface area contributed by atoms with Gasteiger partial charge in [0.15, 0.2) is 0 Å². The minimum atomic E-state index is -0.673. The predicted octanol–water partition coefficient (Wildman–Crippen LogP) is 2.99. The number of aliphatic hydroxyl groups is 1. The van der Waals surface area contributed by atoms with E-state index in [0.717, 1.165) is 14.9 Å². The number of benzene rings is 2. The Kier molecular flexibility index (Phi) is 4.43. The highest BCUT2D eigenvalue weighted by Crippen LogP contribution is 2.19. The average molecular weight is 355 g/mol. The SMILES string of the molecule is Nc1cccc(C(O)COc2ccc(I)cc2)c1. The Bertz CT molecular complexity index is 513. The van der Waals surface area contributed by atoms with Gasteiger partial charge in [0.1, 0.15) is 18.5 Å². The fraction of sp³-hybridized carbons (Fsp3) is 0.143. The van der Waals surface area contributed by atoms with Crippen molar-refractivity contribution < 1.29 is 9.84 Å². The van der Waals surface area contributed by atoms with Crippen LogP contribution in [0, 0.1) is 3.57 Å². The number of nitrogens with two attached hydrogens (primary N) is 1. The summed E-state index contributed by atoms with van der Waals surface area (Å²) in [6.07, 6.45) is -0.673. The lowest BCUT2D eigenvalue weighted by molar-refractivity contribution is 0.108. The van der Waals surface area contributed by atoms with Crippen molar-refractivity contribution in [2.75, 3.05) is 12.3 Å². The molecule has 3 nitrogen and oxygen atoms in total.